The van der Waals surface area contributed by atoms with E-state index in [4.69, 9.17) is 17.0 Å². The number of aliphatic imine (C=N–C) groups is 1. The Kier molecular flexibility index (Phi) is 8.48. The molecule has 7 nitrogen and oxygen atoms in total. The van der Waals surface area contributed by atoms with Crippen LogP contribution in [0.2, 0.25) is 0 Å². The molecule has 3 N–H and O–H groups in total. The van der Waals surface area contributed by atoms with Crippen molar-refractivity contribution in [2.75, 3.05) is 30.9 Å². The van der Waals surface area contributed by atoms with Crippen LogP contribution in [-0.2, 0) is 10.9 Å². The summed E-state index contributed by atoms with van der Waals surface area (Å²) in [7, 11) is 1.60. The van der Waals surface area contributed by atoms with Crippen molar-refractivity contribution in [2.24, 2.45) is 4.99 Å². The normalized spacial score (nSPS) is 11.9. The first-order valence-electron chi connectivity index (χ1n) is 9.05. The van der Waals surface area contributed by atoms with Crippen LogP contribution < -0.4 is 16.0 Å². The highest BCUT2D eigenvalue weighted by Crippen LogP contribution is 2.29. The molecule has 0 amide bonds. The molecule has 0 radical (unpaired) electrons. The molecule has 0 aliphatic carbocycles. The van der Waals surface area contributed by atoms with Gasteiger partial charge in [0.25, 0.3) is 0 Å². The fraction of sp³-hybridized carbons (Fsp3) is 0.368. The number of thiocarbonyl (C=S) groups is 1. The summed E-state index contributed by atoms with van der Waals surface area (Å²) in [4.78, 5) is 13.0. The van der Waals surface area contributed by atoms with Gasteiger partial charge in [-0.25, -0.2) is 9.97 Å². The largest absolute Gasteiger partial charge is 0.416 e. The molecule has 1 aromatic heterocycles. The molecule has 0 aliphatic heterocycles. The Morgan fingerprint density at radius 2 is 1.73 bits per heavy atom. The number of aryl methyl sites for hydroxylation is 2. The molecule has 30 heavy (non-hydrogen) atoms. The van der Waals surface area contributed by atoms with Crippen molar-refractivity contribution in [2.45, 2.75) is 26.4 Å². The number of benzene rings is 1. The van der Waals surface area contributed by atoms with Crippen molar-refractivity contribution in [3.05, 3.63) is 47.3 Å². The van der Waals surface area contributed by atoms with Crippen molar-refractivity contribution in [3.63, 3.8) is 0 Å². The van der Waals surface area contributed by atoms with Crippen molar-refractivity contribution in [3.8, 4) is 0 Å². The van der Waals surface area contributed by atoms with Crippen molar-refractivity contribution < 1.29 is 17.9 Å². The van der Waals surface area contributed by atoms with E-state index in [0.29, 0.717) is 37.2 Å². The number of alkyl halides is 3. The first-order chi connectivity index (χ1) is 14.2. The third-order valence-electron chi connectivity index (χ3n) is 3.69. The first-order valence-corrected chi connectivity index (χ1v) is 9.46. The molecule has 0 saturated heterocycles. The molecule has 0 unspecified atom stereocenters. The molecule has 162 valence electrons. The quantitative estimate of drug-likeness (QED) is 0.272. The lowest BCUT2D eigenvalue weighted by Gasteiger charge is -2.15. The lowest BCUT2D eigenvalue weighted by atomic mass is 10.2. The molecule has 0 atom stereocenters. The Hall–Kier alpha value is -2.79. The molecular weight excluding hydrogens is 417 g/mol. The molecule has 1 aromatic carbocycles. The summed E-state index contributed by atoms with van der Waals surface area (Å²) < 4.78 is 43.1. The summed E-state index contributed by atoms with van der Waals surface area (Å²) >= 11 is 5.26. The number of ether oxygens (including phenoxy) is 1. The average Bonchev–Trinajstić information content (AvgIpc) is 2.64. The fourth-order valence-electron chi connectivity index (χ4n) is 2.41. The second-order valence-corrected chi connectivity index (χ2v) is 6.74. The van der Waals surface area contributed by atoms with Gasteiger partial charge in [-0.1, -0.05) is 0 Å². The van der Waals surface area contributed by atoms with Gasteiger partial charge in [0.15, 0.2) is 5.11 Å². The molecular formula is C19H23F3N6OS. The van der Waals surface area contributed by atoms with Gasteiger partial charge in [0.05, 0.1) is 5.56 Å². The number of rotatable bonds is 6. The fourth-order valence-corrected chi connectivity index (χ4v) is 2.62. The van der Waals surface area contributed by atoms with Crippen LogP contribution in [0, 0.1) is 13.8 Å². The second-order valence-electron chi connectivity index (χ2n) is 6.33. The van der Waals surface area contributed by atoms with E-state index in [1.807, 2.05) is 19.9 Å². The number of hydrogen-bond acceptors (Lipinski definition) is 5. The Balaban J connectivity index is 2.07. The van der Waals surface area contributed by atoms with E-state index in [0.717, 1.165) is 23.5 Å². The highest BCUT2D eigenvalue weighted by atomic mass is 32.1. The zero-order valence-corrected chi connectivity index (χ0v) is 17.6. The van der Waals surface area contributed by atoms with Gasteiger partial charge < -0.3 is 15.4 Å². The van der Waals surface area contributed by atoms with E-state index < -0.39 is 11.7 Å². The monoisotopic (exact) mass is 440 g/mol. The van der Waals surface area contributed by atoms with Crippen molar-refractivity contribution >= 4 is 34.9 Å². The number of nitrogens with one attached hydrogen (secondary N) is 3. The highest BCUT2D eigenvalue weighted by molar-refractivity contribution is 7.80. The summed E-state index contributed by atoms with van der Waals surface area (Å²) in [6.45, 7) is 4.70. The van der Waals surface area contributed by atoms with Gasteiger partial charge in [0, 0.05) is 37.3 Å². The van der Waals surface area contributed by atoms with Crippen LogP contribution in [0.5, 0.6) is 0 Å². The smallest absolute Gasteiger partial charge is 0.385 e. The molecule has 2 rings (SSSR count). The summed E-state index contributed by atoms with van der Waals surface area (Å²) in [6.07, 6.45) is -3.70. The lowest BCUT2D eigenvalue weighted by molar-refractivity contribution is -0.137. The van der Waals surface area contributed by atoms with E-state index >= 15 is 0 Å². The Morgan fingerprint density at radius 1 is 1.10 bits per heavy atom. The minimum absolute atomic E-state index is 0.150. The van der Waals surface area contributed by atoms with Crippen LogP contribution in [0.4, 0.5) is 24.8 Å². The summed E-state index contributed by atoms with van der Waals surface area (Å²) in [5.41, 5.74) is 1.24. The van der Waals surface area contributed by atoms with Crippen LogP contribution in [-0.4, -0.2) is 41.3 Å². The highest BCUT2D eigenvalue weighted by Gasteiger charge is 2.29. The maximum Gasteiger partial charge on any atom is 0.416 e. The van der Waals surface area contributed by atoms with Crippen molar-refractivity contribution in [1.29, 1.82) is 0 Å². The Labute approximate surface area is 178 Å². The number of hydrogen-bond donors (Lipinski definition) is 3. The van der Waals surface area contributed by atoms with Gasteiger partial charge in [0.1, 0.15) is 0 Å². The molecule has 0 fully saturated rings. The third-order valence-corrected chi connectivity index (χ3v) is 3.90. The van der Waals surface area contributed by atoms with Gasteiger partial charge in [0.2, 0.25) is 11.9 Å². The molecule has 0 bridgehead atoms. The predicted octanol–water partition coefficient (Wildman–Crippen LogP) is 3.90. The predicted molar refractivity (Wildman–Crippen MR) is 115 cm³/mol. The molecule has 11 heteroatoms. The molecule has 1 heterocycles. The van der Waals surface area contributed by atoms with E-state index in [-0.39, 0.29) is 5.11 Å². The molecule has 0 aliphatic rings. The van der Waals surface area contributed by atoms with Gasteiger partial charge in [-0.3, -0.25) is 10.3 Å². The maximum absolute atomic E-state index is 12.7. The van der Waals surface area contributed by atoms with Crippen molar-refractivity contribution in [1.82, 2.24) is 15.3 Å². The van der Waals surface area contributed by atoms with Crippen LogP contribution in [0.1, 0.15) is 23.4 Å². The van der Waals surface area contributed by atoms with Gasteiger partial charge in [-0.2, -0.15) is 13.2 Å². The minimum Gasteiger partial charge on any atom is -0.385 e. The molecule has 0 spiro atoms. The lowest BCUT2D eigenvalue weighted by Crippen LogP contribution is -2.39. The number of methoxy groups -OCH3 is 1. The van der Waals surface area contributed by atoms with Crippen LogP contribution in [0.25, 0.3) is 0 Å². The number of nitrogens with zero attached hydrogens (tertiary/aromatic N) is 3. The zero-order valence-electron chi connectivity index (χ0n) is 16.8. The van der Waals surface area contributed by atoms with Gasteiger partial charge in [-0.15, -0.1) is 0 Å². The van der Waals surface area contributed by atoms with E-state index in [2.05, 4.69) is 30.9 Å². The topological polar surface area (TPSA) is 83.5 Å². The zero-order chi connectivity index (χ0) is 22.1. The minimum atomic E-state index is -4.39. The van der Waals surface area contributed by atoms with Crippen LogP contribution in [0.3, 0.4) is 0 Å². The SMILES string of the molecule is COCCCN=C(NC(=S)Nc1ccc(C(F)(F)F)cc1)Nc1nc(C)cc(C)n1. The second kappa shape index (κ2) is 10.8. The number of anilines is 2. The average molecular weight is 440 g/mol. The summed E-state index contributed by atoms with van der Waals surface area (Å²) in [6, 6.07) is 6.39. The van der Waals surface area contributed by atoms with E-state index in [1.54, 1.807) is 7.11 Å². The molecule has 0 saturated carbocycles. The van der Waals surface area contributed by atoms with E-state index in [9.17, 15) is 13.2 Å². The number of halogens is 3. The first kappa shape index (κ1) is 23.5. The van der Waals surface area contributed by atoms with Crippen LogP contribution >= 0.6 is 12.2 Å². The van der Waals surface area contributed by atoms with Gasteiger partial charge >= 0.3 is 6.18 Å². The Morgan fingerprint density at radius 3 is 2.30 bits per heavy atom. The van der Waals surface area contributed by atoms with Gasteiger partial charge in [-0.05, 0) is 62.8 Å². The standard InChI is InChI=1S/C19H23F3N6OS/c1-12-11-13(2)25-17(24-12)27-16(23-9-4-10-29-3)28-18(30)26-15-7-5-14(6-8-15)19(20,21)22/h5-8,11H,4,9-10H2,1-3H3,(H3,23,24,25,26,27,28,30). The third kappa shape index (κ3) is 7.91. The van der Waals surface area contributed by atoms with Crippen LogP contribution in [0.15, 0.2) is 35.3 Å². The number of guanidine groups is 1. The summed E-state index contributed by atoms with van der Waals surface area (Å²) in [5, 5.41) is 8.85. The summed E-state index contributed by atoms with van der Waals surface area (Å²) in [5.74, 6) is 0.656. The molecule has 2 aromatic rings. The number of aromatic nitrogens is 2. The maximum atomic E-state index is 12.7. The van der Waals surface area contributed by atoms with E-state index in [1.165, 1.54) is 12.1 Å². The Bertz CT molecular complexity index is 867.